The Kier molecular flexibility index (Phi) is 2.70. The van der Waals surface area contributed by atoms with Crippen LogP contribution in [-0.4, -0.2) is 5.91 Å². The molecule has 2 nitrogen and oxygen atoms in total. The van der Waals surface area contributed by atoms with E-state index >= 15 is 0 Å². The second kappa shape index (κ2) is 4.15. The van der Waals surface area contributed by atoms with Crippen molar-refractivity contribution in [3.63, 3.8) is 0 Å². The number of amides is 1. The monoisotopic (exact) mass is 203 g/mol. The highest BCUT2D eigenvalue weighted by atomic mass is 32.2. The fourth-order valence-electron chi connectivity index (χ4n) is 1.24. The van der Waals surface area contributed by atoms with Gasteiger partial charge in [0.05, 0.1) is 0 Å². The normalized spacial score (nSPS) is 15.7. The Balaban J connectivity index is 2.37. The number of benzene rings is 1. The molecule has 0 fully saturated rings. The van der Waals surface area contributed by atoms with Gasteiger partial charge >= 0.3 is 0 Å². The van der Waals surface area contributed by atoms with E-state index in [1.54, 1.807) is 0 Å². The Morgan fingerprint density at radius 2 is 1.93 bits per heavy atom. The third-order valence-electron chi connectivity index (χ3n) is 1.89. The van der Waals surface area contributed by atoms with Gasteiger partial charge < -0.3 is 0 Å². The topological polar surface area (TPSA) is 29.1 Å². The van der Waals surface area contributed by atoms with E-state index in [9.17, 15) is 4.79 Å². The van der Waals surface area contributed by atoms with Gasteiger partial charge in [-0.05, 0) is 29.0 Å². The van der Waals surface area contributed by atoms with Crippen LogP contribution in [0.4, 0.5) is 0 Å². The molecule has 0 spiro atoms. The Bertz CT molecular complexity index is 395. The van der Waals surface area contributed by atoms with Gasteiger partial charge in [-0.2, -0.15) is 0 Å². The first-order valence-corrected chi connectivity index (χ1v) is 5.14. The lowest BCUT2D eigenvalue weighted by atomic mass is 10.1. The lowest BCUT2D eigenvalue weighted by molar-refractivity contribution is -0.113. The molecule has 0 unspecified atom stereocenters. The lowest BCUT2D eigenvalue weighted by Gasteiger charge is -2.04. The molecule has 0 aliphatic carbocycles. The summed E-state index contributed by atoms with van der Waals surface area (Å²) in [6.07, 6.45) is 3.69. The van der Waals surface area contributed by atoms with Crippen LogP contribution < -0.4 is 4.72 Å². The van der Waals surface area contributed by atoms with Crippen LogP contribution in [0.25, 0.3) is 5.57 Å². The molecule has 1 aromatic rings. The molecule has 1 N–H and O–H groups in total. The first kappa shape index (κ1) is 9.09. The molecular formula is C11H9NOS. The van der Waals surface area contributed by atoms with Crippen molar-refractivity contribution in [3.05, 3.63) is 53.5 Å². The van der Waals surface area contributed by atoms with Crippen LogP contribution in [0.5, 0.6) is 0 Å². The number of allylic oxidation sites excluding steroid dienone is 2. The first-order chi connectivity index (χ1) is 6.88. The standard InChI is InChI=1S/C11H9NOS/c13-11-10(7-4-8-14-12-11)9-5-2-1-3-6-9/h1-8H,(H,12,13). The summed E-state index contributed by atoms with van der Waals surface area (Å²) in [5, 5.41) is 1.84. The highest BCUT2D eigenvalue weighted by Gasteiger charge is 2.11. The summed E-state index contributed by atoms with van der Waals surface area (Å²) < 4.78 is 2.72. The minimum absolute atomic E-state index is 0.0498. The van der Waals surface area contributed by atoms with Gasteiger partial charge in [0.2, 0.25) is 0 Å². The van der Waals surface area contributed by atoms with Crippen LogP contribution in [0.3, 0.4) is 0 Å². The van der Waals surface area contributed by atoms with Crippen LogP contribution in [0.1, 0.15) is 5.56 Å². The first-order valence-electron chi connectivity index (χ1n) is 4.26. The van der Waals surface area contributed by atoms with Gasteiger partial charge in [-0.3, -0.25) is 9.52 Å². The SMILES string of the molecule is O=C1NSC=CC=C1c1ccccc1. The zero-order chi connectivity index (χ0) is 9.80. The highest BCUT2D eigenvalue weighted by molar-refractivity contribution is 8.00. The summed E-state index contributed by atoms with van der Waals surface area (Å²) in [5.74, 6) is -0.0498. The van der Waals surface area contributed by atoms with Crippen molar-refractivity contribution < 1.29 is 4.79 Å². The van der Waals surface area contributed by atoms with Crippen molar-refractivity contribution in [3.8, 4) is 0 Å². The molecular weight excluding hydrogens is 194 g/mol. The van der Waals surface area contributed by atoms with Gasteiger partial charge in [0, 0.05) is 5.57 Å². The number of carbonyl (C=O) groups is 1. The minimum atomic E-state index is -0.0498. The predicted molar refractivity (Wildman–Crippen MR) is 59.3 cm³/mol. The molecule has 3 heteroatoms. The molecule has 2 rings (SSSR count). The van der Waals surface area contributed by atoms with Crippen LogP contribution in [0.2, 0.25) is 0 Å². The highest BCUT2D eigenvalue weighted by Crippen LogP contribution is 2.18. The van der Waals surface area contributed by atoms with Gasteiger partial charge in [0.15, 0.2) is 0 Å². The molecule has 1 aliphatic heterocycles. The molecule has 14 heavy (non-hydrogen) atoms. The molecule has 0 radical (unpaired) electrons. The Hall–Kier alpha value is -1.48. The molecule has 1 heterocycles. The van der Waals surface area contributed by atoms with Crippen LogP contribution in [0.15, 0.2) is 47.9 Å². The molecule has 1 aromatic carbocycles. The van der Waals surface area contributed by atoms with E-state index in [2.05, 4.69) is 4.72 Å². The Morgan fingerprint density at radius 3 is 2.71 bits per heavy atom. The molecule has 1 amide bonds. The molecule has 1 aliphatic rings. The maximum absolute atomic E-state index is 11.6. The summed E-state index contributed by atoms with van der Waals surface area (Å²) in [5.41, 5.74) is 1.64. The number of nitrogens with one attached hydrogen (secondary N) is 1. The van der Waals surface area contributed by atoms with Crippen LogP contribution >= 0.6 is 11.9 Å². The second-order valence-electron chi connectivity index (χ2n) is 2.82. The van der Waals surface area contributed by atoms with Crippen molar-refractivity contribution in [2.75, 3.05) is 0 Å². The van der Waals surface area contributed by atoms with Gasteiger partial charge in [-0.25, -0.2) is 0 Å². The van der Waals surface area contributed by atoms with E-state index in [4.69, 9.17) is 0 Å². The summed E-state index contributed by atoms with van der Waals surface area (Å²) >= 11 is 1.29. The summed E-state index contributed by atoms with van der Waals surface area (Å²) in [6, 6.07) is 9.63. The molecule has 0 atom stereocenters. The van der Waals surface area contributed by atoms with Crippen molar-refractivity contribution in [2.24, 2.45) is 0 Å². The number of rotatable bonds is 1. The lowest BCUT2D eigenvalue weighted by Crippen LogP contribution is -2.15. The second-order valence-corrected chi connectivity index (χ2v) is 3.54. The number of carbonyl (C=O) groups excluding carboxylic acids is 1. The third-order valence-corrected chi connectivity index (χ3v) is 2.49. The van der Waals surface area contributed by atoms with Crippen molar-refractivity contribution in [1.82, 2.24) is 4.72 Å². The minimum Gasteiger partial charge on any atom is -0.292 e. The zero-order valence-corrected chi connectivity index (χ0v) is 8.25. The molecule has 0 aromatic heterocycles. The molecule has 0 saturated carbocycles. The van der Waals surface area contributed by atoms with E-state index in [1.807, 2.05) is 47.9 Å². The molecule has 0 saturated heterocycles. The largest absolute Gasteiger partial charge is 0.292 e. The van der Waals surface area contributed by atoms with Gasteiger partial charge in [0.25, 0.3) is 5.91 Å². The maximum atomic E-state index is 11.6. The Morgan fingerprint density at radius 1 is 1.14 bits per heavy atom. The fraction of sp³-hybridized carbons (Fsp3) is 0. The number of hydrogen-bond donors (Lipinski definition) is 1. The van der Waals surface area contributed by atoms with E-state index in [0.717, 1.165) is 5.56 Å². The van der Waals surface area contributed by atoms with Crippen LogP contribution in [-0.2, 0) is 4.79 Å². The van der Waals surface area contributed by atoms with Gasteiger partial charge in [0.1, 0.15) is 0 Å². The fourth-order valence-corrected chi connectivity index (χ4v) is 1.68. The van der Waals surface area contributed by atoms with Gasteiger partial charge in [-0.1, -0.05) is 36.4 Å². The summed E-state index contributed by atoms with van der Waals surface area (Å²) in [7, 11) is 0. The molecule has 70 valence electrons. The van der Waals surface area contributed by atoms with E-state index < -0.39 is 0 Å². The number of hydrogen-bond acceptors (Lipinski definition) is 2. The zero-order valence-electron chi connectivity index (χ0n) is 7.44. The van der Waals surface area contributed by atoms with E-state index in [0.29, 0.717) is 5.57 Å². The van der Waals surface area contributed by atoms with Crippen molar-refractivity contribution >= 4 is 23.4 Å². The third kappa shape index (κ3) is 1.88. The smallest absolute Gasteiger partial charge is 0.261 e. The quantitative estimate of drug-likeness (QED) is 0.710. The van der Waals surface area contributed by atoms with Crippen LogP contribution in [0, 0.1) is 0 Å². The Labute approximate surface area is 86.8 Å². The van der Waals surface area contributed by atoms with E-state index in [1.165, 1.54) is 11.9 Å². The summed E-state index contributed by atoms with van der Waals surface area (Å²) in [6.45, 7) is 0. The van der Waals surface area contributed by atoms with E-state index in [-0.39, 0.29) is 5.91 Å². The van der Waals surface area contributed by atoms with Crippen molar-refractivity contribution in [1.29, 1.82) is 0 Å². The summed E-state index contributed by atoms with van der Waals surface area (Å²) in [4.78, 5) is 11.6. The maximum Gasteiger partial charge on any atom is 0.261 e. The van der Waals surface area contributed by atoms with Gasteiger partial charge in [-0.15, -0.1) is 0 Å². The predicted octanol–water partition coefficient (Wildman–Crippen LogP) is 2.36. The van der Waals surface area contributed by atoms with Crippen molar-refractivity contribution in [2.45, 2.75) is 0 Å². The average molecular weight is 203 g/mol. The molecule has 0 bridgehead atoms. The average Bonchev–Trinajstić information content (AvgIpc) is 2.44.